The Bertz CT molecular complexity index is 385. The van der Waals surface area contributed by atoms with Crippen LogP contribution in [0.1, 0.15) is 31.7 Å². The average molecular weight is 269 g/mol. The Morgan fingerprint density at radius 3 is 2.58 bits per heavy atom. The van der Waals surface area contributed by atoms with Gasteiger partial charge < -0.3 is 10.1 Å². The highest BCUT2D eigenvalue weighted by atomic mass is 19.1. The quantitative estimate of drug-likeness (QED) is 0.887. The van der Waals surface area contributed by atoms with Crippen LogP contribution in [0.5, 0.6) is 0 Å². The number of rotatable bonds is 5. The lowest BCUT2D eigenvalue weighted by Crippen LogP contribution is -2.44. The summed E-state index contributed by atoms with van der Waals surface area (Å²) in [6.07, 6.45) is 4.00. The molecule has 0 aromatic heterocycles. The summed E-state index contributed by atoms with van der Waals surface area (Å²) in [5, 5.41) is 3.37. The first kappa shape index (κ1) is 14.4. The van der Waals surface area contributed by atoms with Gasteiger partial charge in [-0.15, -0.1) is 0 Å². The van der Waals surface area contributed by atoms with E-state index < -0.39 is 11.6 Å². The maximum atomic E-state index is 13.2. The fourth-order valence-electron chi connectivity index (χ4n) is 2.66. The molecule has 1 saturated heterocycles. The molecule has 1 aliphatic rings. The van der Waals surface area contributed by atoms with Crippen molar-refractivity contribution in [3.05, 3.63) is 35.4 Å². The second-order valence-electron chi connectivity index (χ2n) is 5.05. The molecule has 1 N–H and O–H groups in total. The molecule has 0 amide bonds. The van der Waals surface area contributed by atoms with Crippen LogP contribution in [0.3, 0.4) is 0 Å². The molecule has 4 heteroatoms. The molecule has 1 aromatic rings. The number of hydrogen-bond donors (Lipinski definition) is 1. The number of likely N-dealkylation sites (N-methyl/N-ethyl adjacent to an activating group) is 1. The molecular weight excluding hydrogens is 248 g/mol. The lowest BCUT2D eigenvalue weighted by atomic mass is 9.96. The molecule has 2 rings (SSSR count). The minimum atomic E-state index is -0.519. The first-order valence-corrected chi connectivity index (χ1v) is 6.99. The summed E-state index contributed by atoms with van der Waals surface area (Å²) in [6, 6.07) is 3.82. The standard InChI is InChI=1S/C15H21F2NO/c1-2-18-14(15-5-3-4-6-19-15)9-11-7-12(16)10-13(17)8-11/h7-8,10,14-15,18H,2-6,9H2,1H3. The maximum Gasteiger partial charge on any atom is 0.126 e. The van der Waals surface area contributed by atoms with Gasteiger partial charge in [0.05, 0.1) is 6.10 Å². The highest BCUT2D eigenvalue weighted by Crippen LogP contribution is 2.19. The third kappa shape index (κ3) is 4.25. The number of ether oxygens (including phenoxy) is 1. The van der Waals surface area contributed by atoms with Crippen LogP contribution in [0, 0.1) is 11.6 Å². The summed E-state index contributed by atoms with van der Waals surface area (Å²) in [7, 11) is 0. The second-order valence-corrected chi connectivity index (χ2v) is 5.05. The molecule has 1 fully saturated rings. The molecule has 1 heterocycles. The van der Waals surface area contributed by atoms with Crippen molar-refractivity contribution in [3.63, 3.8) is 0 Å². The Hall–Kier alpha value is -1.00. The van der Waals surface area contributed by atoms with Crippen LogP contribution < -0.4 is 5.32 Å². The minimum Gasteiger partial charge on any atom is -0.377 e. The van der Waals surface area contributed by atoms with Gasteiger partial charge in [0.2, 0.25) is 0 Å². The number of nitrogens with one attached hydrogen (secondary N) is 1. The van der Waals surface area contributed by atoms with Crippen LogP contribution in [-0.2, 0) is 11.2 Å². The van der Waals surface area contributed by atoms with E-state index in [9.17, 15) is 8.78 Å². The predicted molar refractivity (Wildman–Crippen MR) is 71.1 cm³/mol. The highest BCUT2D eigenvalue weighted by molar-refractivity contribution is 5.19. The summed E-state index contributed by atoms with van der Waals surface area (Å²) in [5.41, 5.74) is 0.678. The molecule has 1 aromatic carbocycles. The number of halogens is 2. The lowest BCUT2D eigenvalue weighted by Gasteiger charge is -2.31. The van der Waals surface area contributed by atoms with Crippen molar-refractivity contribution in [2.75, 3.05) is 13.2 Å². The normalized spacial score (nSPS) is 21.3. The van der Waals surface area contributed by atoms with E-state index in [0.717, 1.165) is 38.5 Å². The maximum absolute atomic E-state index is 13.2. The number of hydrogen-bond acceptors (Lipinski definition) is 2. The Kier molecular flexibility index (Phi) is 5.28. The van der Waals surface area contributed by atoms with E-state index >= 15 is 0 Å². The van der Waals surface area contributed by atoms with Gasteiger partial charge in [0, 0.05) is 18.7 Å². The fourth-order valence-corrected chi connectivity index (χ4v) is 2.66. The van der Waals surface area contributed by atoms with E-state index in [2.05, 4.69) is 5.32 Å². The zero-order chi connectivity index (χ0) is 13.7. The van der Waals surface area contributed by atoms with Gasteiger partial charge in [-0.2, -0.15) is 0 Å². The zero-order valence-corrected chi connectivity index (χ0v) is 11.3. The van der Waals surface area contributed by atoms with Gasteiger partial charge in [-0.05, 0) is 49.9 Å². The Morgan fingerprint density at radius 2 is 2.00 bits per heavy atom. The third-order valence-corrected chi connectivity index (χ3v) is 3.51. The van der Waals surface area contributed by atoms with Crippen LogP contribution in [0.4, 0.5) is 8.78 Å². The Balaban J connectivity index is 2.06. The van der Waals surface area contributed by atoms with E-state index in [-0.39, 0.29) is 12.1 Å². The largest absolute Gasteiger partial charge is 0.377 e. The molecule has 0 aliphatic carbocycles. The zero-order valence-electron chi connectivity index (χ0n) is 11.3. The molecule has 1 aliphatic heterocycles. The van der Waals surface area contributed by atoms with Crippen LogP contribution in [0.15, 0.2) is 18.2 Å². The van der Waals surface area contributed by atoms with E-state index in [1.165, 1.54) is 12.1 Å². The topological polar surface area (TPSA) is 21.3 Å². The van der Waals surface area contributed by atoms with Crippen molar-refractivity contribution in [1.82, 2.24) is 5.32 Å². The van der Waals surface area contributed by atoms with Crippen molar-refractivity contribution in [2.24, 2.45) is 0 Å². The molecule has 106 valence electrons. The van der Waals surface area contributed by atoms with Gasteiger partial charge in [0.25, 0.3) is 0 Å². The van der Waals surface area contributed by atoms with Gasteiger partial charge in [0.1, 0.15) is 11.6 Å². The van der Waals surface area contributed by atoms with E-state index in [1.54, 1.807) is 0 Å². The Morgan fingerprint density at radius 1 is 1.26 bits per heavy atom. The minimum absolute atomic E-state index is 0.117. The van der Waals surface area contributed by atoms with Gasteiger partial charge in [-0.1, -0.05) is 6.92 Å². The van der Waals surface area contributed by atoms with Gasteiger partial charge >= 0.3 is 0 Å². The van der Waals surface area contributed by atoms with Crippen LogP contribution >= 0.6 is 0 Å². The third-order valence-electron chi connectivity index (χ3n) is 3.51. The first-order valence-electron chi connectivity index (χ1n) is 6.99. The van der Waals surface area contributed by atoms with Crippen molar-refractivity contribution in [3.8, 4) is 0 Å². The van der Waals surface area contributed by atoms with E-state index in [1.807, 2.05) is 6.92 Å². The van der Waals surface area contributed by atoms with Crippen LogP contribution in [-0.4, -0.2) is 25.3 Å². The molecule has 19 heavy (non-hydrogen) atoms. The lowest BCUT2D eigenvalue weighted by molar-refractivity contribution is -0.00711. The second kappa shape index (κ2) is 6.96. The Labute approximate surface area is 113 Å². The smallest absolute Gasteiger partial charge is 0.126 e. The number of benzene rings is 1. The predicted octanol–water partition coefficient (Wildman–Crippen LogP) is 3.05. The molecule has 0 spiro atoms. The summed E-state index contributed by atoms with van der Waals surface area (Å²) < 4.78 is 32.2. The molecule has 2 atom stereocenters. The summed E-state index contributed by atoms with van der Waals surface area (Å²) in [6.45, 7) is 3.63. The van der Waals surface area contributed by atoms with Crippen LogP contribution in [0.25, 0.3) is 0 Å². The van der Waals surface area contributed by atoms with Crippen LogP contribution in [0.2, 0.25) is 0 Å². The molecular formula is C15H21F2NO. The molecule has 2 nitrogen and oxygen atoms in total. The first-order chi connectivity index (χ1) is 9.19. The van der Waals surface area contributed by atoms with Crippen molar-refractivity contribution in [2.45, 2.75) is 44.8 Å². The molecule has 0 radical (unpaired) electrons. The average Bonchev–Trinajstić information content (AvgIpc) is 2.38. The fraction of sp³-hybridized carbons (Fsp3) is 0.600. The van der Waals surface area contributed by atoms with Crippen molar-refractivity contribution < 1.29 is 13.5 Å². The van der Waals surface area contributed by atoms with Crippen molar-refractivity contribution >= 4 is 0 Å². The van der Waals surface area contributed by atoms with Crippen molar-refractivity contribution in [1.29, 1.82) is 0 Å². The summed E-state index contributed by atoms with van der Waals surface area (Å²) in [4.78, 5) is 0. The van der Waals surface area contributed by atoms with Gasteiger partial charge in [-0.3, -0.25) is 0 Å². The summed E-state index contributed by atoms with van der Waals surface area (Å²) >= 11 is 0. The highest BCUT2D eigenvalue weighted by Gasteiger charge is 2.24. The SMILES string of the molecule is CCNC(Cc1cc(F)cc(F)c1)C1CCCCO1. The summed E-state index contributed by atoms with van der Waals surface area (Å²) in [5.74, 6) is -1.04. The van der Waals surface area contributed by atoms with E-state index in [4.69, 9.17) is 4.74 Å². The molecule has 0 saturated carbocycles. The molecule has 0 bridgehead atoms. The van der Waals surface area contributed by atoms with E-state index in [0.29, 0.717) is 12.0 Å². The molecule has 2 unspecified atom stereocenters. The van der Waals surface area contributed by atoms with Gasteiger partial charge in [0.15, 0.2) is 0 Å². The van der Waals surface area contributed by atoms with Gasteiger partial charge in [-0.25, -0.2) is 8.78 Å². The monoisotopic (exact) mass is 269 g/mol.